The molecule has 1 aliphatic heterocycles. The molecular formula is C26H24F5N5O4. The molecule has 3 aromatic heterocycles. The second kappa shape index (κ2) is 10.5. The molecule has 0 amide bonds. The molecule has 1 aromatic carbocycles. The van der Waals surface area contributed by atoms with Crippen molar-refractivity contribution in [3.8, 4) is 17.0 Å². The Morgan fingerprint density at radius 2 is 1.88 bits per heavy atom. The first-order chi connectivity index (χ1) is 18.9. The van der Waals surface area contributed by atoms with Gasteiger partial charge in [-0.2, -0.15) is 18.3 Å². The lowest BCUT2D eigenvalue weighted by molar-refractivity contribution is -0.241. The molecule has 9 nitrogen and oxygen atoms in total. The number of ether oxygens (including phenoxy) is 2. The van der Waals surface area contributed by atoms with Crippen molar-refractivity contribution in [2.45, 2.75) is 45.5 Å². The maximum atomic E-state index is 14.1. The minimum absolute atomic E-state index is 0.0507. The monoisotopic (exact) mass is 565 g/mol. The molecule has 14 heteroatoms. The van der Waals surface area contributed by atoms with Crippen LogP contribution in [0.25, 0.3) is 16.9 Å². The van der Waals surface area contributed by atoms with Gasteiger partial charge in [-0.25, -0.2) is 18.6 Å². The zero-order valence-corrected chi connectivity index (χ0v) is 21.3. The quantitative estimate of drug-likeness (QED) is 0.257. The van der Waals surface area contributed by atoms with E-state index in [0.717, 1.165) is 17.7 Å². The molecule has 0 radical (unpaired) electrons. The van der Waals surface area contributed by atoms with Gasteiger partial charge in [0, 0.05) is 31.0 Å². The number of fused-ring (bicyclic) bond motifs is 1. The molecule has 40 heavy (non-hydrogen) atoms. The van der Waals surface area contributed by atoms with Crippen molar-refractivity contribution in [3.63, 3.8) is 0 Å². The molecule has 5 rings (SSSR count). The Morgan fingerprint density at radius 3 is 2.55 bits per heavy atom. The van der Waals surface area contributed by atoms with Crippen LogP contribution in [-0.4, -0.2) is 66.7 Å². The van der Waals surface area contributed by atoms with Gasteiger partial charge in [0.25, 0.3) is 0 Å². The van der Waals surface area contributed by atoms with Gasteiger partial charge in [-0.15, -0.1) is 0 Å². The molecule has 4 heterocycles. The Kier molecular flexibility index (Phi) is 7.23. The van der Waals surface area contributed by atoms with Gasteiger partial charge in [0.05, 0.1) is 29.7 Å². The molecule has 1 fully saturated rings. The second-order valence-corrected chi connectivity index (χ2v) is 9.46. The maximum Gasteiger partial charge on any atom is 0.490 e. The number of aromatic nitrogens is 4. The zero-order chi connectivity index (χ0) is 28.8. The van der Waals surface area contributed by atoms with Crippen LogP contribution in [-0.2, 0) is 22.7 Å². The molecule has 0 bridgehead atoms. The summed E-state index contributed by atoms with van der Waals surface area (Å²) in [5.74, 6) is -3.45. The van der Waals surface area contributed by atoms with Crippen molar-refractivity contribution >= 4 is 11.6 Å². The number of benzene rings is 1. The maximum absolute atomic E-state index is 14.1. The summed E-state index contributed by atoms with van der Waals surface area (Å²) in [5, 5.41) is 14.1. The number of alkyl halides is 3. The number of carbonyl (C=O) groups is 1. The average Bonchev–Trinajstić information content (AvgIpc) is 3.47. The lowest BCUT2D eigenvalue weighted by Crippen LogP contribution is -2.63. The lowest BCUT2D eigenvalue weighted by atomic mass is 10.1. The number of esters is 1. The minimum atomic E-state index is -5.15. The fourth-order valence-electron chi connectivity index (χ4n) is 4.56. The molecule has 2 atom stereocenters. The van der Waals surface area contributed by atoms with E-state index in [0.29, 0.717) is 28.3 Å². The smallest absolute Gasteiger partial charge is 0.485 e. The number of pyridine rings is 1. The predicted molar refractivity (Wildman–Crippen MR) is 130 cm³/mol. The van der Waals surface area contributed by atoms with Gasteiger partial charge < -0.3 is 14.6 Å². The summed E-state index contributed by atoms with van der Waals surface area (Å²) in [7, 11) is 0. The van der Waals surface area contributed by atoms with Crippen LogP contribution in [0.2, 0.25) is 0 Å². The van der Waals surface area contributed by atoms with Crippen molar-refractivity contribution in [3.05, 3.63) is 71.3 Å². The molecule has 1 aliphatic rings. The molecule has 1 saturated heterocycles. The Morgan fingerprint density at radius 1 is 1.15 bits per heavy atom. The van der Waals surface area contributed by atoms with Gasteiger partial charge in [-0.1, -0.05) is 6.07 Å². The average molecular weight is 565 g/mol. The summed E-state index contributed by atoms with van der Waals surface area (Å²) in [4.78, 5) is 17.1. The zero-order valence-electron chi connectivity index (χ0n) is 21.3. The van der Waals surface area contributed by atoms with E-state index >= 15 is 0 Å². The number of halogens is 5. The number of carbonyl (C=O) groups excluding carboxylic acids is 1. The van der Waals surface area contributed by atoms with Gasteiger partial charge in [-0.05, 0) is 37.6 Å². The van der Waals surface area contributed by atoms with Gasteiger partial charge in [0.15, 0.2) is 17.6 Å². The molecular weight excluding hydrogens is 541 g/mol. The van der Waals surface area contributed by atoms with Crippen LogP contribution in [0.4, 0.5) is 22.0 Å². The summed E-state index contributed by atoms with van der Waals surface area (Å²) in [6.07, 6.45) is -2.60. The molecule has 0 spiro atoms. The molecule has 0 aliphatic carbocycles. The number of rotatable bonds is 8. The lowest BCUT2D eigenvalue weighted by Gasteiger charge is -2.43. The Bertz CT molecular complexity index is 1550. The van der Waals surface area contributed by atoms with Crippen LogP contribution in [0.15, 0.2) is 42.9 Å². The minimum Gasteiger partial charge on any atom is -0.485 e. The number of aliphatic hydroxyl groups excluding tert-OH is 1. The van der Waals surface area contributed by atoms with Crippen molar-refractivity contribution < 1.29 is 41.3 Å². The van der Waals surface area contributed by atoms with Gasteiger partial charge in [-0.3, -0.25) is 14.0 Å². The third-order valence-corrected chi connectivity index (χ3v) is 6.52. The van der Waals surface area contributed by atoms with E-state index in [2.05, 4.69) is 14.8 Å². The molecule has 212 valence electrons. The third-order valence-electron chi connectivity index (χ3n) is 6.52. The first kappa shape index (κ1) is 27.5. The summed E-state index contributed by atoms with van der Waals surface area (Å²) >= 11 is 0. The van der Waals surface area contributed by atoms with Gasteiger partial charge in [0.1, 0.15) is 24.3 Å². The molecule has 1 N–H and O–H groups in total. The highest BCUT2D eigenvalue weighted by atomic mass is 19.4. The number of hydrogen-bond donors (Lipinski definition) is 1. The van der Waals surface area contributed by atoms with E-state index < -0.39 is 36.1 Å². The van der Waals surface area contributed by atoms with E-state index in [1.165, 1.54) is 11.0 Å². The Balaban J connectivity index is 1.32. The standard InChI is InChI=1S/C26H24F5N5O4/c1-14-8-21(39-13-17-18(27)4-3-5-19(17)28)23-33-15(2)22(36(23)10-14)16-9-32-35(11-16)7-6-34-12-20(37)24(34)40-25(38)26(29,30)31/h3-5,8-11,20,24,37H,6-7,12-13H2,1-2H3. The molecule has 2 unspecified atom stereocenters. The van der Waals surface area contributed by atoms with Crippen LogP contribution in [0, 0.1) is 25.5 Å². The number of β-amino-alcohol motifs (C(OH)–C–C–N with tert-alkyl or cyclic N) is 1. The third kappa shape index (κ3) is 5.36. The van der Waals surface area contributed by atoms with E-state index in [-0.39, 0.29) is 31.8 Å². The highest BCUT2D eigenvalue weighted by Crippen LogP contribution is 2.31. The summed E-state index contributed by atoms with van der Waals surface area (Å²) < 4.78 is 79.3. The summed E-state index contributed by atoms with van der Waals surface area (Å²) in [5.41, 5.74) is 3.06. The van der Waals surface area contributed by atoms with Crippen LogP contribution >= 0.6 is 0 Å². The van der Waals surface area contributed by atoms with Crippen LogP contribution in [0.1, 0.15) is 16.8 Å². The number of likely N-dealkylation sites (tertiary alicyclic amines) is 1. The highest BCUT2D eigenvalue weighted by molar-refractivity contribution is 5.75. The van der Waals surface area contributed by atoms with Crippen LogP contribution < -0.4 is 4.74 Å². The van der Waals surface area contributed by atoms with Gasteiger partial charge >= 0.3 is 12.1 Å². The van der Waals surface area contributed by atoms with E-state index in [1.807, 2.05) is 13.1 Å². The SMILES string of the molecule is Cc1cc(OCc2c(F)cccc2F)c2nc(C)c(-c3cnn(CCN4CC(O)C4OC(=O)C(F)(F)F)c3)n2c1. The Hall–Kier alpha value is -4.04. The summed E-state index contributed by atoms with van der Waals surface area (Å²) in [6, 6.07) is 5.30. The summed E-state index contributed by atoms with van der Waals surface area (Å²) in [6.45, 7) is 3.75. The largest absolute Gasteiger partial charge is 0.490 e. The van der Waals surface area contributed by atoms with Crippen LogP contribution in [0.3, 0.4) is 0 Å². The number of hydrogen-bond acceptors (Lipinski definition) is 7. The van der Waals surface area contributed by atoms with E-state index in [9.17, 15) is 31.9 Å². The fourth-order valence-corrected chi connectivity index (χ4v) is 4.56. The van der Waals surface area contributed by atoms with Gasteiger partial charge in [0.2, 0.25) is 0 Å². The predicted octanol–water partition coefficient (Wildman–Crippen LogP) is 3.78. The first-order valence-corrected chi connectivity index (χ1v) is 12.2. The fraction of sp³-hybridized carbons (Fsp3) is 0.346. The number of nitrogens with zero attached hydrogens (tertiary/aromatic N) is 5. The van der Waals surface area contributed by atoms with E-state index in [4.69, 9.17) is 4.74 Å². The van der Waals surface area contributed by atoms with E-state index in [1.54, 1.807) is 34.5 Å². The highest BCUT2D eigenvalue weighted by Gasteiger charge is 2.48. The first-order valence-electron chi connectivity index (χ1n) is 12.2. The normalized spacial score (nSPS) is 17.7. The second-order valence-electron chi connectivity index (χ2n) is 9.46. The number of aryl methyl sites for hydroxylation is 2. The molecule has 4 aromatic rings. The van der Waals surface area contributed by atoms with Crippen molar-refractivity contribution in [1.82, 2.24) is 24.1 Å². The van der Waals surface area contributed by atoms with Crippen molar-refractivity contribution in [1.29, 1.82) is 0 Å². The van der Waals surface area contributed by atoms with Crippen molar-refractivity contribution in [2.75, 3.05) is 13.1 Å². The number of aliphatic hydroxyl groups is 1. The number of imidazole rings is 1. The topological polar surface area (TPSA) is 94.1 Å². The molecule has 0 saturated carbocycles. The Labute approximate surface area is 224 Å². The van der Waals surface area contributed by atoms with Crippen LogP contribution in [0.5, 0.6) is 5.75 Å². The van der Waals surface area contributed by atoms with Crippen molar-refractivity contribution in [2.24, 2.45) is 0 Å².